The van der Waals surface area contributed by atoms with Crippen molar-refractivity contribution >= 4 is 52.2 Å². The lowest BCUT2D eigenvalue weighted by Crippen LogP contribution is -2.67. The minimum atomic E-state index is -1.98. The summed E-state index contributed by atoms with van der Waals surface area (Å²) in [5.74, 6) is -1.68. The SMILES string of the molecule is CCN(CC)c1ccc(NC2(NC(C)=O)C(=O)N(c3ccccc3)N=C2NC(=O)c2cccc(NC(=O)COc3ccc(C(C)(C)CC)cc3C(C)(C)CC)c2)cc1. The molecule has 0 fully saturated rings. The molecule has 1 heterocycles. The van der Waals surface area contributed by atoms with Gasteiger partial charge in [0.05, 0.1) is 5.69 Å². The molecule has 12 heteroatoms. The van der Waals surface area contributed by atoms with Crippen molar-refractivity contribution in [3.05, 3.63) is 114 Å². The van der Waals surface area contributed by atoms with Crippen molar-refractivity contribution in [3.63, 3.8) is 0 Å². The van der Waals surface area contributed by atoms with Crippen molar-refractivity contribution in [2.75, 3.05) is 40.2 Å². The van der Waals surface area contributed by atoms with Gasteiger partial charge in [-0.1, -0.05) is 77.9 Å². The van der Waals surface area contributed by atoms with Crippen molar-refractivity contribution in [2.45, 2.75) is 91.6 Å². The topological polar surface area (TPSA) is 144 Å². The minimum absolute atomic E-state index is 0.00752. The summed E-state index contributed by atoms with van der Waals surface area (Å²) in [6, 6.07) is 28.8. The Morgan fingerprint density at radius 2 is 1.45 bits per heavy atom. The van der Waals surface area contributed by atoms with E-state index in [4.69, 9.17) is 4.74 Å². The lowest BCUT2D eigenvalue weighted by Gasteiger charge is -2.32. The van der Waals surface area contributed by atoms with E-state index < -0.39 is 29.3 Å². The standard InChI is InChI=1S/C46H57N7O5/c1-10-44(6,7)33-22-27-39(38(29-33)45(8,9)11-2)58-30-40(55)47-35-19-17-18-32(28-35)41(56)48-42-46(49-31(5)54,43(57)53(51-42)37-20-15-14-16-21-37)50-34-23-25-36(26-24-34)52(12-3)13-4/h14-29,50H,10-13,30H2,1-9H3,(H,47,55)(H,49,54)(H,48,51,56). The zero-order chi connectivity index (χ0) is 42.3. The van der Waals surface area contributed by atoms with E-state index in [1.54, 1.807) is 60.7 Å². The number of benzene rings is 4. The Balaban J connectivity index is 1.38. The molecule has 5 rings (SSSR count). The Morgan fingerprint density at radius 3 is 2.07 bits per heavy atom. The summed E-state index contributed by atoms with van der Waals surface area (Å²) in [4.78, 5) is 56.6. The monoisotopic (exact) mass is 787 g/mol. The number of nitrogens with one attached hydrogen (secondary N) is 4. The van der Waals surface area contributed by atoms with Gasteiger partial charge in [0.15, 0.2) is 12.4 Å². The third kappa shape index (κ3) is 9.50. The third-order valence-electron chi connectivity index (χ3n) is 11.0. The zero-order valence-corrected chi connectivity index (χ0v) is 35.2. The Labute approximate surface area is 342 Å². The predicted octanol–water partition coefficient (Wildman–Crippen LogP) is 7.96. The number of anilines is 4. The van der Waals surface area contributed by atoms with Gasteiger partial charge < -0.3 is 30.9 Å². The van der Waals surface area contributed by atoms with Crippen LogP contribution in [-0.4, -0.2) is 54.8 Å². The fourth-order valence-corrected chi connectivity index (χ4v) is 6.68. The van der Waals surface area contributed by atoms with Crippen molar-refractivity contribution in [1.29, 1.82) is 0 Å². The molecule has 0 aromatic heterocycles. The van der Waals surface area contributed by atoms with Gasteiger partial charge in [0, 0.05) is 48.2 Å². The predicted molar refractivity (Wildman–Crippen MR) is 233 cm³/mol. The molecule has 12 nitrogen and oxygen atoms in total. The second-order valence-corrected chi connectivity index (χ2v) is 15.7. The highest BCUT2D eigenvalue weighted by Gasteiger charge is 2.54. The largest absolute Gasteiger partial charge is 0.483 e. The number of amidine groups is 1. The van der Waals surface area contributed by atoms with E-state index in [1.807, 2.05) is 18.2 Å². The first kappa shape index (κ1) is 43.0. The van der Waals surface area contributed by atoms with Crippen LogP contribution in [0, 0.1) is 0 Å². The van der Waals surface area contributed by atoms with Gasteiger partial charge in [-0.05, 0) is 104 Å². The highest BCUT2D eigenvalue weighted by atomic mass is 16.5. The normalized spacial score (nSPS) is 15.4. The summed E-state index contributed by atoms with van der Waals surface area (Å²) < 4.78 is 6.13. The van der Waals surface area contributed by atoms with Gasteiger partial charge in [-0.3, -0.25) is 19.2 Å². The maximum atomic E-state index is 14.4. The van der Waals surface area contributed by atoms with Crippen LogP contribution >= 0.6 is 0 Å². The minimum Gasteiger partial charge on any atom is -0.483 e. The quantitative estimate of drug-likeness (QED) is 0.0844. The van der Waals surface area contributed by atoms with Gasteiger partial charge >= 0.3 is 5.91 Å². The van der Waals surface area contributed by atoms with Crippen LogP contribution in [0.15, 0.2) is 102 Å². The smallest absolute Gasteiger partial charge is 0.302 e. The molecule has 0 aliphatic carbocycles. The molecule has 0 bridgehead atoms. The first-order valence-electron chi connectivity index (χ1n) is 20.0. The molecular formula is C46H57N7O5. The van der Waals surface area contributed by atoms with Gasteiger partial charge in [-0.2, -0.15) is 5.01 Å². The first-order valence-corrected chi connectivity index (χ1v) is 20.0. The number of hydrazone groups is 1. The summed E-state index contributed by atoms with van der Waals surface area (Å²) in [7, 11) is 0. The molecule has 0 saturated carbocycles. The van der Waals surface area contributed by atoms with Crippen molar-refractivity contribution in [2.24, 2.45) is 5.10 Å². The van der Waals surface area contributed by atoms with Crippen LogP contribution in [0.1, 0.15) is 96.6 Å². The number of carbonyl (C=O) groups is 4. The average Bonchev–Trinajstić information content (AvgIpc) is 3.46. The number of hydrogen-bond donors (Lipinski definition) is 4. The van der Waals surface area contributed by atoms with Crippen LogP contribution < -0.4 is 35.9 Å². The molecular weight excluding hydrogens is 731 g/mol. The summed E-state index contributed by atoms with van der Waals surface area (Å²) in [5.41, 5.74) is 2.57. The van der Waals surface area contributed by atoms with Crippen molar-refractivity contribution in [1.82, 2.24) is 10.6 Å². The van der Waals surface area contributed by atoms with Crippen LogP contribution in [0.4, 0.5) is 22.7 Å². The van der Waals surface area contributed by atoms with Crippen LogP contribution in [0.5, 0.6) is 5.75 Å². The molecule has 0 radical (unpaired) electrons. The molecule has 1 atom stereocenters. The number of rotatable bonds is 16. The van der Waals surface area contributed by atoms with Crippen molar-refractivity contribution in [3.8, 4) is 5.75 Å². The second-order valence-electron chi connectivity index (χ2n) is 15.7. The van der Waals surface area contributed by atoms with E-state index in [9.17, 15) is 19.2 Å². The lowest BCUT2D eigenvalue weighted by atomic mass is 9.76. The van der Waals surface area contributed by atoms with Crippen LogP contribution in [0.25, 0.3) is 0 Å². The number of carbonyl (C=O) groups excluding carboxylic acids is 4. The van der Waals surface area contributed by atoms with Crippen LogP contribution in [0.2, 0.25) is 0 Å². The average molecular weight is 788 g/mol. The van der Waals surface area contributed by atoms with E-state index in [2.05, 4.69) is 98.8 Å². The van der Waals surface area contributed by atoms with Gasteiger partial charge in [0.2, 0.25) is 5.91 Å². The summed E-state index contributed by atoms with van der Waals surface area (Å²) in [5, 5.41) is 17.3. The summed E-state index contributed by atoms with van der Waals surface area (Å²) >= 11 is 0. The number of hydrogen-bond acceptors (Lipinski definition) is 8. The van der Waals surface area contributed by atoms with E-state index in [1.165, 1.54) is 18.6 Å². The Hall–Kier alpha value is -6.17. The highest BCUT2D eigenvalue weighted by Crippen LogP contribution is 2.38. The first-order chi connectivity index (χ1) is 27.6. The summed E-state index contributed by atoms with van der Waals surface area (Å²) in [6.07, 6.45) is 1.87. The third-order valence-corrected chi connectivity index (χ3v) is 11.0. The molecule has 0 saturated heterocycles. The molecule has 58 heavy (non-hydrogen) atoms. The molecule has 0 spiro atoms. The molecule has 1 aliphatic heterocycles. The molecule has 4 amide bonds. The zero-order valence-electron chi connectivity index (χ0n) is 35.2. The molecule has 306 valence electrons. The maximum Gasteiger partial charge on any atom is 0.302 e. The molecule has 4 aromatic carbocycles. The van der Waals surface area contributed by atoms with Gasteiger partial charge in [-0.15, -0.1) is 5.10 Å². The molecule has 4 aromatic rings. The van der Waals surface area contributed by atoms with Crippen molar-refractivity contribution < 1.29 is 23.9 Å². The summed E-state index contributed by atoms with van der Waals surface area (Å²) in [6.45, 7) is 19.9. The van der Waals surface area contributed by atoms with Crippen LogP contribution in [0.3, 0.4) is 0 Å². The second kappa shape index (κ2) is 18.0. The number of ether oxygens (including phenoxy) is 1. The van der Waals surface area contributed by atoms with Crippen LogP contribution in [-0.2, 0) is 25.2 Å². The Kier molecular flexibility index (Phi) is 13.3. The lowest BCUT2D eigenvalue weighted by molar-refractivity contribution is -0.127. The fraction of sp³-hybridized carbons (Fsp3) is 0.370. The van der Waals surface area contributed by atoms with E-state index in [0.717, 1.165) is 42.2 Å². The van der Waals surface area contributed by atoms with E-state index >= 15 is 0 Å². The number of nitrogens with zero attached hydrogens (tertiary/aromatic N) is 3. The van der Waals surface area contributed by atoms with E-state index in [-0.39, 0.29) is 28.8 Å². The Morgan fingerprint density at radius 1 is 0.776 bits per heavy atom. The number of amides is 4. The molecule has 1 aliphatic rings. The Bertz CT molecular complexity index is 2150. The highest BCUT2D eigenvalue weighted by molar-refractivity contribution is 6.28. The van der Waals surface area contributed by atoms with Gasteiger partial charge in [0.1, 0.15) is 5.75 Å². The van der Waals surface area contributed by atoms with Gasteiger partial charge in [0.25, 0.3) is 17.5 Å². The maximum absolute atomic E-state index is 14.4. The van der Waals surface area contributed by atoms with Gasteiger partial charge in [-0.25, -0.2) is 0 Å². The fourth-order valence-electron chi connectivity index (χ4n) is 6.68. The molecule has 1 unspecified atom stereocenters. The molecule has 4 N–H and O–H groups in total. The van der Waals surface area contributed by atoms with E-state index in [0.29, 0.717) is 22.8 Å². The number of para-hydroxylation sites is 1.